The summed E-state index contributed by atoms with van der Waals surface area (Å²) in [5, 5.41) is 19.3. The molecular weight excluding hydrogens is 317 g/mol. The van der Waals surface area contributed by atoms with Crippen LogP contribution < -0.4 is 5.46 Å². The Kier molecular flexibility index (Phi) is 3.90. The van der Waals surface area contributed by atoms with Crippen LogP contribution in [0.1, 0.15) is 0 Å². The van der Waals surface area contributed by atoms with Gasteiger partial charge in [0.05, 0.1) is 10.2 Å². The average molecular weight is 331 g/mol. The first-order chi connectivity index (χ1) is 11.7. The second kappa shape index (κ2) is 6.21. The Bertz CT molecular complexity index is 981. The van der Waals surface area contributed by atoms with E-state index >= 15 is 0 Å². The molecule has 24 heavy (non-hydrogen) atoms. The van der Waals surface area contributed by atoms with Crippen molar-refractivity contribution >= 4 is 34.1 Å². The number of hydrogen-bond acceptors (Lipinski definition) is 4. The lowest BCUT2D eigenvalue weighted by Gasteiger charge is -2.00. The Hall–Kier alpha value is -2.47. The van der Waals surface area contributed by atoms with E-state index in [9.17, 15) is 10.0 Å². The minimum absolute atomic E-state index is 0.478. The SMILES string of the molecule is OB(O)c1ccc(-c2nc3ccc(-c4ccccc4)cc3s2)cc1. The standard InChI is InChI=1S/C19H14BNO2S/c22-20(23)16-9-6-14(7-10-16)19-21-17-11-8-15(12-18(17)24-19)13-4-2-1-3-5-13/h1-12,22-23H. The number of rotatable bonds is 3. The highest BCUT2D eigenvalue weighted by Gasteiger charge is 2.12. The summed E-state index contributed by atoms with van der Waals surface area (Å²) >= 11 is 1.64. The van der Waals surface area contributed by atoms with Gasteiger partial charge in [0.15, 0.2) is 0 Å². The summed E-state index contributed by atoms with van der Waals surface area (Å²) in [6.45, 7) is 0. The van der Waals surface area contributed by atoms with Crippen molar-refractivity contribution in [3.63, 3.8) is 0 Å². The summed E-state index contributed by atoms with van der Waals surface area (Å²) in [7, 11) is -1.44. The van der Waals surface area contributed by atoms with Crippen LogP contribution in [0.5, 0.6) is 0 Å². The molecule has 0 amide bonds. The molecule has 0 aliphatic heterocycles. The van der Waals surface area contributed by atoms with Gasteiger partial charge in [-0.25, -0.2) is 4.98 Å². The third kappa shape index (κ3) is 2.85. The zero-order valence-electron chi connectivity index (χ0n) is 12.8. The van der Waals surface area contributed by atoms with E-state index in [1.54, 1.807) is 23.5 Å². The van der Waals surface area contributed by atoms with Crippen LogP contribution in [-0.2, 0) is 0 Å². The topological polar surface area (TPSA) is 53.4 Å². The van der Waals surface area contributed by atoms with Gasteiger partial charge in [0, 0.05) is 5.56 Å². The van der Waals surface area contributed by atoms with E-state index in [-0.39, 0.29) is 0 Å². The third-order valence-electron chi connectivity index (χ3n) is 3.95. The maximum Gasteiger partial charge on any atom is 0.488 e. The quantitative estimate of drug-likeness (QED) is 0.566. The molecule has 1 aromatic heterocycles. The van der Waals surface area contributed by atoms with Gasteiger partial charge in [-0.15, -0.1) is 11.3 Å². The zero-order chi connectivity index (χ0) is 16.5. The minimum atomic E-state index is -1.44. The molecule has 3 aromatic carbocycles. The summed E-state index contributed by atoms with van der Waals surface area (Å²) in [5.41, 5.74) is 4.79. The maximum absolute atomic E-state index is 9.18. The fourth-order valence-corrected chi connectivity index (χ4v) is 3.67. The Labute approximate surface area is 144 Å². The highest BCUT2D eigenvalue weighted by Crippen LogP contribution is 2.32. The molecule has 0 aliphatic carbocycles. The van der Waals surface area contributed by atoms with E-state index in [0.29, 0.717) is 5.46 Å². The largest absolute Gasteiger partial charge is 0.488 e. The number of hydrogen-bond donors (Lipinski definition) is 2. The number of aromatic nitrogens is 1. The van der Waals surface area contributed by atoms with E-state index < -0.39 is 7.12 Å². The lowest BCUT2D eigenvalue weighted by atomic mass is 9.80. The highest BCUT2D eigenvalue weighted by atomic mass is 32.1. The molecule has 2 N–H and O–H groups in total. The van der Waals surface area contributed by atoms with Crippen molar-refractivity contribution in [3.8, 4) is 21.7 Å². The molecule has 0 unspecified atom stereocenters. The van der Waals surface area contributed by atoms with Crippen LogP contribution in [0.25, 0.3) is 31.9 Å². The summed E-state index contributed by atoms with van der Waals surface area (Å²) in [5.74, 6) is 0. The van der Waals surface area contributed by atoms with Gasteiger partial charge in [-0.2, -0.15) is 0 Å². The van der Waals surface area contributed by atoms with Crippen LogP contribution in [0.2, 0.25) is 0 Å². The van der Waals surface area contributed by atoms with Gasteiger partial charge >= 0.3 is 7.12 Å². The van der Waals surface area contributed by atoms with Gasteiger partial charge in [0.25, 0.3) is 0 Å². The van der Waals surface area contributed by atoms with E-state index in [1.165, 1.54) is 11.1 Å². The predicted octanol–water partition coefficient (Wildman–Crippen LogP) is 3.31. The van der Waals surface area contributed by atoms with Crippen LogP contribution >= 0.6 is 11.3 Å². The molecule has 0 spiro atoms. The van der Waals surface area contributed by atoms with Crippen molar-refractivity contribution in [2.24, 2.45) is 0 Å². The number of thiazole rings is 1. The summed E-state index contributed by atoms with van der Waals surface area (Å²) < 4.78 is 1.14. The Balaban J connectivity index is 1.73. The summed E-state index contributed by atoms with van der Waals surface area (Å²) in [4.78, 5) is 4.69. The van der Waals surface area contributed by atoms with Crippen LogP contribution in [0.4, 0.5) is 0 Å². The van der Waals surface area contributed by atoms with Crippen molar-refractivity contribution in [2.45, 2.75) is 0 Å². The molecule has 0 bridgehead atoms. The molecule has 0 radical (unpaired) electrons. The highest BCUT2D eigenvalue weighted by molar-refractivity contribution is 7.21. The molecule has 116 valence electrons. The van der Waals surface area contributed by atoms with Crippen molar-refractivity contribution < 1.29 is 10.0 Å². The Morgan fingerprint density at radius 1 is 0.750 bits per heavy atom. The lowest BCUT2D eigenvalue weighted by Crippen LogP contribution is -2.29. The Morgan fingerprint density at radius 2 is 1.46 bits per heavy atom. The summed E-state index contributed by atoms with van der Waals surface area (Å²) in [6.07, 6.45) is 0. The molecule has 4 rings (SSSR count). The van der Waals surface area contributed by atoms with Crippen LogP contribution in [0, 0.1) is 0 Å². The van der Waals surface area contributed by atoms with Gasteiger partial charge in [-0.05, 0) is 28.7 Å². The van der Waals surface area contributed by atoms with Crippen LogP contribution in [-0.4, -0.2) is 22.2 Å². The van der Waals surface area contributed by atoms with Crippen LogP contribution in [0.15, 0.2) is 72.8 Å². The number of benzene rings is 3. The molecule has 0 saturated carbocycles. The summed E-state index contributed by atoms with van der Waals surface area (Å²) in [6, 6.07) is 23.7. The second-order valence-electron chi connectivity index (χ2n) is 5.56. The van der Waals surface area contributed by atoms with Gasteiger partial charge < -0.3 is 10.0 Å². The molecule has 3 nitrogen and oxygen atoms in total. The fourth-order valence-electron chi connectivity index (χ4n) is 2.66. The number of nitrogens with zero attached hydrogens (tertiary/aromatic N) is 1. The molecule has 1 heterocycles. The minimum Gasteiger partial charge on any atom is -0.423 e. The molecule has 0 fully saturated rings. The van der Waals surface area contributed by atoms with Gasteiger partial charge in [-0.1, -0.05) is 60.7 Å². The van der Waals surface area contributed by atoms with E-state index in [4.69, 9.17) is 0 Å². The first kappa shape index (κ1) is 15.1. The smallest absolute Gasteiger partial charge is 0.423 e. The lowest BCUT2D eigenvalue weighted by molar-refractivity contribution is 0.426. The van der Waals surface area contributed by atoms with Crippen molar-refractivity contribution in [3.05, 3.63) is 72.8 Å². The monoisotopic (exact) mass is 331 g/mol. The molecule has 0 saturated heterocycles. The maximum atomic E-state index is 9.18. The second-order valence-corrected chi connectivity index (χ2v) is 6.59. The molecular formula is C19H14BNO2S. The first-order valence-corrected chi connectivity index (χ1v) is 8.45. The Morgan fingerprint density at radius 3 is 2.17 bits per heavy atom. The zero-order valence-corrected chi connectivity index (χ0v) is 13.6. The van der Waals surface area contributed by atoms with E-state index in [2.05, 4.69) is 29.2 Å². The molecule has 0 atom stereocenters. The number of fused-ring (bicyclic) bond motifs is 1. The van der Waals surface area contributed by atoms with Crippen molar-refractivity contribution in [1.29, 1.82) is 0 Å². The average Bonchev–Trinajstić information content (AvgIpc) is 3.06. The predicted molar refractivity (Wildman–Crippen MR) is 100 cm³/mol. The normalized spacial score (nSPS) is 10.9. The third-order valence-corrected chi connectivity index (χ3v) is 5.02. The first-order valence-electron chi connectivity index (χ1n) is 7.63. The molecule has 4 aromatic rings. The van der Waals surface area contributed by atoms with Crippen molar-refractivity contribution in [2.75, 3.05) is 0 Å². The van der Waals surface area contributed by atoms with E-state index in [0.717, 1.165) is 20.8 Å². The molecule has 5 heteroatoms. The van der Waals surface area contributed by atoms with Crippen molar-refractivity contribution in [1.82, 2.24) is 4.98 Å². The van der Waals surface area contributed by atoms with Gasteiger partial charge in [-0.3, -0.25) is 0 Å². The van der Waals surface area contributed by atoms with Gasteiger partial charge in [0.1, 0.15) is 5.01 Å². The van der Waals surface area contributed by atoms with Crippen LogP contribution in [0.3, 0.4) is 0 Å². The van der Waals surface area contributed by atoms with Gasteiger partial charge in [0.2, 0.25) is 0 Å². The fraction of sp³-hybridized carbons (Fsp3) is 0. The van der Waals surface area contributed by atoms with E-state index in [1.807, 2.05) is 36.4 Å². The molecule has 0 aliphatic rings.